The lowest BCUT2D eigenvalue weighted by molar-refractivity contribution is -0.403. The van der Waals surface area contributed by atoms with Crippen LogP contribution in [0.15, 0.2) is 48.8 Å². The number of nitro groups is 1. The second kappa shape index (κ2) is 8.37. The molecule has 2 rings (SSSR count). The van der Waals surface area contributed by atoms with E-state index in [9.17, 15) is 23.3 Å². The molecule has 140 valence electrons. The summed E-state index contributed by atoms with van der Waals surface area (Å²) in [5.74, 6) is 0.0940. The SMILES string of the molecule is Cc1cn(CCCN/C(=C/[N+](=O)[O-])Nc2ccc(C(F)(F)F)cc2)cn1. The highest BCUT2D eigenvalue weighted by atomic mass is 19.4. The van der Waals surface area contributed by atoms with Crippen molar-refractivity contribution < 1.29 is 18.1 Å². The molecule has 1 heterocycles. The van der Waals surface area contributed by atoms with Crippen molar-refractivity contribution in [3.8, 4) is 0 Å². The van der Waals surface area contributed by atoms with Crippen molar-refractivity contribution in [2.75, 3.05) is 11.9 Å². The van der Waals surface area contributed by atoms with Crippen LogP contribution in [0, 0.1) is 17.0 Å². The number of benzene rings is 1. The summed E-state index contributed by atoms with van der Waals surface area (Å²) < 4.78 is 39.6. The molecular weight excluding hydrogens is 351 g/mol. The number of aryl methyl sites for hydroxylation is 2. The number of hydrogen-bond acceptors (Lipinski definition) is 5. The molecule has 0 amide bonds. The highest BCUT2D eigenvalue weighted by Crippen LogP contribution is 2.29. The Morgan fingerprint density at radius 3 is 2.58 bits per heavy atom. The quantitative estimate of drug-likeness (QED) is 0.423. The first-order valence-electron chi connectivity index (χ1n) is 7.76. The molecule has 0 fully saturated rings. The predicted octanol–water partition coefficient (Wildman–Crippen LogP) is 3.38. The Morgan fingerprint density at radius 2 is 2.04 bits per heavy atom. The Balaban J connectivity index is 1.91. The summed E-state index contributed by atoms with van der Waals surface area (Å²) in [4.78, 5) is 14.2. The summed E-state index contributed by atoms with van der Waals surface area (Å²) in [7, 11) is 0. The summed E-state index contributed by atoms with van der Waals surface area (Å²) in [6, 6.07) is 4.25. The van der Waals surface area contributed by atoms with Crippen LogP contribution in [0.3, 0.4) is 0 Å². The van der Waals surface area contributed by atoms with Gasteiger partial charge in [-0.1, -0.05) is 0 Å². The first kappa shape index (κ1) is 19.3. The van der Waals surface area contributed by atoms with Crippen LogP contribution >= 0.6 is 0 Å². The highest BCUT2D eigenvalue weighted by molar-refractivity contribution is 5.49. The molecular formula is C16H18F3N5O2. The van der Waals surface area contributed by atoms with E-state index < -0.39 is 16.7 Å². The van der Waals surface area contributed by atoms with Crippen LogP contribution in [0.5, 0.6) is 0 Å². The Hall–Kier alpha value is -3.04. The molecule has 0 saturated carbocycles. The summed E-state index contributed by atoms with van der Waals surface area (Å²) in [6.45, 7) is 2.99. The van der Waals surface area contributed by atoms with Gasteiger partial charge >= 0.3 is 6.18 Å². The minimum Gasteiger partial charge on any atom is -0.366 e. The number of nitrogens with zero attached hydrogens (tertiary/aromatic N) is 3. The number of anilines is 1. The van der Waals surface area contributed by atoms with E-state index in [1.807, 2.05) is 17.7 Å². The average molecular weight is 369 g/mol. The maximum Gasteiger partial charge on any atom is 0.416 e. The van der Waals surface area contributed by atoms with Gasteiger partial charge in [0.2, 0.25) is 0 Å². The van der Waals surface area contributed by atoms with E-state index in [0.717, 1.165) is 24.0 Å². The maximum atomic E-state index is 12.6. The van der Waals surface area contributed by atoms with Gasteiger partial charge < -0.3 is 15.2 Å². The van der Waals surface area contributed by atoms with Crippen molar-refractivity contribution >= 4 is 5.69 Å². The second-order valence-electron chi connectivity index (χ2n) is 5.56. The summed E-state index contributed by atoms with van der Waals surface area (Å²) >= 11 is 0. The molecule has 7 nitrogen and oxygen atoms in total. The highest BCUT2D eigenvalue weighted by Gasteiger charge is 2.29. The molecule has 10 heteroatoms. The van der Waals surface area contributed by atoms with Gasteiger partial charge in [0.05, 0.1) is 22.5 Å². The van der Waals surface area contributed by atoms with E-state index in [1.165, 1.54) is 12.1 Å². The predicted molar refractivity (Wildman–Crippen MR) is 89.7 cm³/mol. The van der Waals surface area contributed by atoms with Crippen LogP contribution in [0.4, 0.5) is 18.9 Å². The van der Waals surface area contributed by atoms with Gasteiger partial charge in [-0.25, -0.2) is 4.98 Å². The molecule has 2 N–H and O–H groups in total. The molecule has 1 aromatic heterocycles. The summed E-state index contributed by atoms with van der Waals surface area (Å²) in [5.41, 5.74) is 0.422. The van der Waals surface area contributed by atoms with Crippen LogP contribution in [-0.2, 0) is 12.7 Å². The first-order chi connectivity index (χ1) is 12.2. The molecule has 0 aliphatic heterocycles. The third-order valence-electron chi connectivity index (χ3n) is 3.40. The second-order valence-corrected chi connectivity index (χ2v) is 5.56. The Labute approximate surface area is 147 Å². The largest absolute Gasteiger partial charge is 0.416 e. The van der Waals surface area contributed by atoms with Gasteiger partial charge in [0.15, 0.2) is 5.82 Å². The lowest BCUT2D eigenvalue weighted by Crippen LogP contribution is -2.23. The monoisotopic (exact) mass is 369 g/mol. The van der Waals surface area contributed by atoms with E-state index in [2.05, 4.69) is 15.6 Å². The fourth-order valence-corrected chi connectivity index (χ4v) is 2.20. The number of imidazole rings is 1. The van der Waals surface area contributed by atoms with Gasteiger partial charge in [0, 0.05) is 25.0 Å². The standard InChI is InChI=1S/C16H18F3N5O2/c1-12-9-23(11-21-12)8-2-7-20-15(10-24(25)26)22-14-5-3-13(4-6-14)16(17,18)19/h3-6,9-11,20,22H,2,7-8H2,1H3/b15-10-. The van der Waals surface area contributed by atoms with Gasteiger partial charge in [0.1, 0.15) is 0 Å². The molecule has 0 saturated heterocycles. The van der Waals surface area contributed by atoms with Crippen LogP contribution in [0.25, 0.3) is 0 Å². The van der Waals surface area contributed by atoms with E-state index in [4.69, 9.17) is 0 Å². The third-order valence-corrected chi connectivity index (χ3v) is 3.40. The zero-order chi connectivity index (χ0) is 19.2. The Bertz CT molecular complexity index is 769. The van der Waals surface area contributed by atoms with Crippen molar-refractivity contribution in [1.29, 1.82) is 0 Å². The van der Waals surface area contributed by atoms with Gasteiger partial charge in [-0.3, -0.25) is 10.1 Å². The Morgan fingerprint density at radius 1 is 1.35 bits per heavy atom. The molecule has 0 aliphatic carbocycles. The Kier molecular flexibility index (Phi) is 6.21. The average Bonchev–Trinajstić information content (AvgIpc) is 2.96. The number of hydrogen-bond donors (Lipinski definition) is 2. The molecule has 0 bridgehead atoms. The molecule has 2 aromatic rings. The van der Waals surface area contributed by atoms with Gasteiger partial charge in [0.25, 0.3) is 6.20 Å². The molecule has 0 radical (unpaired) electrons. The van der Waals surface area contributed by atoms with E-state index >= 15 is 0 Å². The topological polar surface area (TPSA) is 85.0 Å². The normalized spacial score (nSPS) is 12.1. The van der Waals surface area contributed by atoms with Crippen LogP contribution in [0.1, 0.15) is 17.7 Å². The van der Waals surface area contributed by atoms with Crippen LogP contribution in [0.2, 0.25) is 0 Å². The van der Waals surface area contributed by atoms with Crippen molar-refractivity contribution in [2.24, 2.45) is 0 Å². The number of halogens is 3. The van der Waals surface area contributed by atoms with E-state index in [0.29, 0.717) is 25.2 Å². The lowest BCUT2D eigenvalue weighted by atomic mass is 10.2. The van der Waals surface area contributed by atoms with E-state index in [1.54, 1.807) is 6.33 Å². The minimum atomic E-state index is -4.43. The van der Waals surface area contributed by atoms with Crippen molar-refractivity contribution in [1.82, 2.24) is 14.9 Å². The smallest absolute Gasteiger partial charge is 0.366 e. The molecule has 0 spiro atoms. The first-order valence-corrected chi connectivity index (χ1v) is 7.76. The molecule has 0 unspecified atom stereocenters. The third kappa shape index (κ3) is 6.11. The molecule has 0 aliphatic rings. The van der Waals surface area contributed by atoms with Gasteiger partial charge in [-0.05, 0) is 37.6 Å². The van der Waals surface area contributed by atoms with Crippen LogP contribution in [-0.4, -0.2) is 21.0 Å². The fraction of sp³-hybridized carbons (Fsp3) is 0.312. The maximum absolute atomic E-state index is 12.6. The van der Waals surface area contributed by atoms with E-state index in [-0.39, 0.29) is 5.82 Å². The van der Waals surface area contributed by atoms with Gasteiger partial charge in [-0.15, -0.1) is 0 Å². The summed E-state index contributed by atoms with van der Waals surface area (Å²) in [5, 5.41) is 16.3. The zero-order valence-corrected chi connectivity index (χ0v) is 14.0. The molecule has 0 atom stereocenters. The number of rotatable bonds is 8. The fourth-order valence-electron chi connectivity index (χ4n) is 2.20. The number of alkyl halides is 3. The van der Waals surface area contributed by atoms with Gasteiger partial charge in [-0.2, -0.15) is 13.2 Å². The molecule has 1 aromatic carbocycles. The number of nitrogens with one attached hydrogen (secondary N) is 2. The summed E-state index contributed by atoms with van der Waals surface area (Å²) in [6.07, 6.45) is 0.568. The van der Waals surface area contributed by atoms with Crippen LogP contribution < -0.4 is 10.6 Å². The zero-order valence-electron chi connectivity index (χ0n) is 14.0. The van der Waals surface area contributed by atoms with Crippen molar-refractivity contribution in [3.05, 3.63) is 70.2 Å². The minimum absolute atomic E-state index is 0.0940. The van der Waals surface area contributed by atoms with Crippen molar-refractivity contribution in [2.45, 2.75) is 26.1 Å². The molecule has 26 heavy (non-hydrogen) atoms. The van der Waals surface area contributed by atoms with Crippen molar-refractivity contribution in [3.63, 3.8) is 0 Å². The lowest BCUT2D eigenvalue weighted by Gasteiger charge is -2.13. The number of aromatic nitrogens is 2.